The number of fused-ring (bicyclic) bond motifs is 1. The summed E-state index contributed by atoms with van der Waals surface area (Å²) in [6.45, 7) is 0. The Morgan fingerprint density at radius 2 is 1.85 bits per heavy atom. The van der Waals surface area contributed by atoms with Gasteiger partial charge in [0, 0.05) is 5.56 Å². The Hall–Kier alpha value is -1.35. The fraction of sp³-hybridized carbons (Fsp3) is 0.588. The largest absolute Gasteiger partial charge is 0.391 e. The van der Waals surface area contributed by atoms with Crippen LogP contribution in [0.5, 0.6) is 0 Å². The summed E-state index contributed by atoms with van der Waals surface area (Å²) in [6, 6.07) is 5.95. The monoisotopic (exact) mass is 273 g/mol. The van der Waals surface area contributed by atoms with Crippen LogP contribution in [0.3, 0.4) is 0 Å². The number of amides is 1. The molecule has 1 fully saturated rings. The second kappa shape index (κ2) is 5.96. The first kappa shape index (κ1) is 13.6. The van der Waals surface area contributed by atoms with Gasteiger partial charge in [-0.15, -0.1) is 0 Å². The summed E-state index contributed by atoms with van der Waals surface area (Å²) >= 11 is 0. The van der Waals surface area contributed by atoms with Crippen LogP contribution in [0.15, 0.2) is 18.2 Å². The molecule has 0 radical (unpaired) electrons. The van der Waals surface area contributed by atoms with Gasteiger partial charge < -0.3 is 10.4 Å². The number of aliphatic hydroxyl groups excluding tert-OH is 1. The van der Waals surface area contributed by atoms with Gasteiger partial charge in [0.05, 0.1) is 12.1 Å². The number of benzene rings is 1. The summed E-state index contributed by atoms with van der Waals surface area (Å²) in [6.07, 6.45) is 8.02. The third kappa shape index (κ3) is 2.88. The molecule has 0 aliphatic heterocycles. The minimum absolute atomic E-state index is 0.0364. The normalized spacial score (nSPS) is 25.9. The Labute approximate surface area is 120 Å². The summed E-state index contributed by atoms with van der Waals surface area (Å²) in [5, 5.41) is 13.1. The Kier molecular flexibility index (Phi) is 4.06. The van der Waals surface area contributed by atoms with Crippen molar-refractivity contribution in [3.8, 4) is 0 Å². The standard InChI is InChI=1S/C17H23NO2/c19-16-8-3-1-2-7-15(16)18-17(20)14-10-9-12-5-4-6-13(12)11-14/h9-11,15-16,19H,1-8H2,(H,18,20). The molecule has 1 amide bonds. The van der Waals surface area contributed by atoms with E-state index >= 15 is 0 Å². The van der Waals surface area contributed by atoms with Gasteiger partial charge in [0.15, 0.2) is 0 Å². The number of nitrogens with one attached hydrogen (secondary N) is 1. The maximum absolute atomic E-state index is 12.3. The van der Waals surface area contributed by atoms with Crippen molar-refractivity contribution in [2.24, 2.45) is 0 Å². The van der Waals surface area contributed by atoms with Crippen molar-refractivity contribution in [2.75, 3.05) is 0 Å². The second-order valence-electron chi connectivity index (χ2n) is 6.12. The number of carbonyl (C=O) groups is 1. The van der Waals surface area contributed by atoms with Gasteiger partial charge in [0.25, 0.3) is 5.91 Å². The highest BCUT2D eigenvalue weighted by atomic mass is 16.3. The Balaban J connectivity index is 1.69. The van der Waals surface area contributed by atoms with E-state index in [0.717, 1.165) is 50.5 Å². The molecule has 1 aromatic carbocycles. The average Bonchev–Trinajstić information content (AvgIpc) is 2.83. The van der Waals surface area contributed by atoms with Crippen LogP contribution < -0.4 is 5.32 Å². The molecule has 0 heterocycles. The third-order valence-corrected chi connectivity index (χ3v) is 4.66. The van der Waals surface area contributed by atoms with Crippen molar-refractivity contribution < 1.29 is 9.90 Å². The Morgan fingerprint density at radius 1 is 1.05 bits per heavy atom. The van der Waals surface area contributed by atoms with Crippen LogP contribution in [-0.2, 0) is 12.8 Å². The van der Waals surface area contributed by atoms with Gasteiger partial charge >= 0.3 is 0 Å². The van der Waals surface area contributed by atoms with E-state index in [1.54, 1.807) is 0 Å². The van der Waals surface area contributed by atoms with Crippen LogP contribution in [0.1, 0.15) is 60.0 Å². The summed E-state index contributed by atoms with van der Waals surface area (Å²) in [5.41, 5.74) is 3.44. The topological polar surface area (TPSA) is 49.3 Å². The number of hydrogen-bond donors (Lipinski definition) is 2. The van der Waals surface area contributed by atoms with Gasteiger partial charge in [-0.2, -0.15) is 0 Å². The van der Waals surface area contributed by atoms with E-state index < -0.39 is 6.10 Å². The molecule has 108 valence electrons. The molecule has 0 aromatic heterocycles. The highest BCUT2D eigenvalue weighted by Crippen LogP contribution is 2.23. The lowest BCUT2D eigenvalue weighted by Crippen LogP contribution is -2.42. The number of hydrogen-bond acceptors (Lipinski definition) is 2. The summed E-state index contributed by atoms with van der Waals surface area (Å²) in [5.74, 6) is -0.0364. The van der Waals surface area contributed by atoms with Crippen molar-refractivity contribution in [1.29, 1.82) is 0 Å². The minimum atomic E-state index is -0.393. The van der Waals surface area contributed by atoms with Gasteiger partial charge in [-0.3, -0.25) is 4.79 Å². The molecular formula is C17H23NO2. The van der Waals surface area contributed by atoms with Crippen LogP contribution in [-0.4, -0.2) is 23.2 Å². The molecule has 0 spiro atoms. The highest BCUT2D eigenvalue weighted by Gasteiger charge is 2.24. The average molecular weight is 273 g/mol. The number of aliphatic hydroxyl groups is 1. The van der Waals surface area contributed by atoms with E-state index in [9.17, 15) is 9.90 Å². The van der Waals surface area contributed by atoms with Crippen LogP contribution in [0.2, 0.25) is 0 Å². The lowest BCUT2D eigenvalue weighted by molar-refractivity contribution is 0.0818. The van der Waals surface area contributed by atoms with Crippen LogP contribution in [0, 0.1) is 0 Å². The molecule has 1 aromatic rings. The molecule has 0 bridgehead atoms. The van der Waals surface area contributed by atoms with Gasteiger partial charge in [-0.05, 0) is 55.4 Å². The first-order valence-corrected chi connectivity index (χ1v) is 7.85. The molecule has 0 saturated heterocycles. The maximum Gasteiger partial charge on any atom is 0.251 e. The SMILES string of the molecule is O=C(NC1CCCCCC1O)c1ccc2c(c1)CCC2. The van der Waals surface area contributed by atoms with E-state index in [0.29, 0.717) is 0 Å². The lowest BCUT2D eigenvalue weighted by Gasteiger charge is -2.22. The molecular weight excluding hydrogens is 250 g/mol. The first-order chi connectivity index (χ1) is 9.74. The molecule has 3 rings (SSSR count). The Morgan fingerprint density at radius 3 is 2.75 bits per heavy atom. The van der Waals surface area contributed by atoms with E-state index in [1.807, 2.05) is 12.1 Å². The molecule has 1 saturated carbocycles. The van der Waals surface area contributed by atoms with Crippen molar-refractivity contribution >= 4 is 5.91 Å². The molecule has 3 nitrogen and oxygen atoms in total. The van der Waals surface area contributed by atoms with Crippen molar-refractivity contribution in [1.82, 2.24) is 5.32 Å². The zero-order chi connectivity index (χ0) is 13.9. The number of carbonyl (C=O) groups excluding carboxylic acids is 1. The molecule has 2 aliphatic carbocycles. The smallest absolute Gasteiger partial charge is 0.251 e. The maximum atomic E-state index is 12.3. The van der Waals surface area contributed by atoms with Crippen molar-refractivity contribution in [2.45, 2.75) is 63.5 Å². The van der Waals surface area contributed by atoms with Crippen LogP contribution in [0.25, 0.3) is 0 Å². The quantitative estimate of drug-likeness (QED) is 0.814. The summed E-state index contributed by atoms with van der Waals surface area (Å²) < 4.78 is 0. The number of rotatable bonds is 2. The summed E-state index contributed by atoms with van der Waals surface area (Å²) in [7, 11) is 0. The van der Waals surface area contributed by atoms with E-state index in [4.69, 9.17) is 0 Å². The van der Waals surface area contributed by atoms with E-state index in [-0.39, 0.29) is 11.9 Å². The van der Waals surface area contributed by atoms with E-state index in [2.05, 4.69) is 11.4 Å². The molecule has 20 heavy (non-hydrogen) atoms. The highest BCUT2D eigenvalue weighted by molar-refractivity contribution is 5.94. The molecule has 2 atom stereocenters. The minimum Gasteiger partial charge on any atom is -0.391 e. The lowest BCUT2D eigenvalue weighted by atomic mass is 10.0. The zero-order valence-electron chi connectivity index (χ0n) is 11.9. The summed E-state index contributed by atoms with van der Waals surface area (Å²) in [4.78, 5) is 12.3. The van der Waals surface area contributed by atoms with Crippen molar-refractivity contribution in [3.63, 3.8) is 0 Å². The zero-order valence-corrected chi connectivity index (χ0v) is 11.9. The third-order valence-electron chi connectivity index (χ3n) is 4.66. The van der Waals surface area contributed by atoms with Gasteiger partial charge in [-0.1, -0.05) is 25.3 Å². The Bertz CT molecular complexity index is 498. The van der Waals surface area contributed by atoms with Crippen LogP contribution >= 0.6 is 0 Å². The predicted molar refractivity (Wildman–Crippen MR) is 78.8 cm³/mol. The first-order valence-electron chi connectivity index (χ1n) is 7.85. The number of aryl methyl sites for hydroxylation is 2. The second-order valence-corrected chi connectivity index (χ2v) is 6.12. The molecule has 2 N–H and O–H groups in total. The van der Waals surface area contributed by atoms with Crippen LogP contribution in [0.4, 0.5) is 0 Å². The fourth-order valence-corrected chi connectivity index (χ4v) is 3.42. The van der Waals surface area contributed by atoms with Gasteiger partial charge in [-0.25, -0.2) is 0 Å². The van der Waals surface area contributed by atoms with E-state index in [1.165, 1.54) is 17.5 Å². The van der Waals surface area contributed by atoms with Gasteiger partial charge in [0.1, 0.15) is 0 Å². The van der Waals surface area contributed by atoms with Crippen molar-refractivity contribution in [3.05, 3.63) is 34.9 Å². The fourth-order valence-electron chi connectivity index (χ4n) is 3.42. The van der Waals surface area contributed by atoms with Gasteiger partial charge in [0.2, 0.25) is 0 Å². The molecule has 2 aliphatic rings. The predicted octanol–water partition coefficient (Wildman–Crippen LogP) is 2.60. The molecule has 3 heteroatoms. The molecule has 2 unspecified atom stereocenters.